The molecule has 0 spiro atoms. The molecule has 110 valence electrons. The van der Waals surface area contributed by atoms with Crippen LogP contribution in [0.15, 0.2) is 23.1 Å². The number of carbonyl (C=O) groups is 1. The van der Waals surface area contributed by atoms with Crippen LogP contribution in [0.3, 0.4) is 0 Å². The summed E-state index contributed by atoms with van der Waals surface area (Å²) >= 11 is 0. The van der Waals surface area contributed by atoms with Gasteiger partial charge in [0.1, 0.15) is 0 Å². The molecule has 1 fully saturated rings. The number of rotatable bonds is 6. The molecule has 1 aromatic carbocycles. The number of nitrogens with two attached hydrogens (primary N) is 1. The Morgan fingerprint density at radius 2 is 2.10 bits per heavy atom. The Labute approximate surface area is 118 Å². The number of sulfonamides is 1. The molecule has 1 aliphatic carbocycles. The van der Waals surface area contributed by atoms with Crippen LogP contribution in [-0.2, 0) is 10.0 Å². The fourth-order valence-corrected chi connectivity index (χ4v) is 3.43. The van der Waals surface area contributed by atoms with Crippen LogP contribution in [0.5, 0.6) is 0 Å². The van der Waals surface area contributed by atoms with Gasteiger partial charge in [0.25, 0.3) is 0 Å². The Morgan fingerprint density at radius 3 is 2.65 bits per heavy atom. The Balaban J connectivity index is 2.13. The highest BCUT2D eigenvalue weighted by atomic mass is 32.2. The SMILES string of the molecule is Nc1ccc(S(=O)(=O)NCCC2CCC2)c(C(=O)O)c1. The van der Waals surface area contributed by atoms with Crippen molar-refractivity contribution in [2.75, 3.05) is 12.3 Å². The fraction of sp³-hybridized carbons (Fsp3) is 0.462. The van der Waals surface area contributed by atoms with Gasteiger partial charge in [-0.25, -0.2) is 17.9 Å². The number of hydrogen-bond acceptors (Lipinski definition) is 4. The second-order valence-electron chi connectivity index (χ2n) is 5.04. The fourth-order valence-electron chi connectivity index (χ4n) is 2.21. The van der Waals surface area contributed by atoms with Crippen molar-refractivity contribution in [2.24, 2.45) is 5.92 Å². The van der Waals surface area contributed by atoms with Crippen LogP contribution in [0.2, 0.25) is 0 Å². The van der Waals surface area contributed by atoms with E-state index < -0.39 is 16.0 Å². The molecular formula is C13H18N2O4S. The van der Waals surface area contributed by atoms with E-state index in [4.69, 9.17) is 10.8 Å². The monoisotopic (exact) mass is 298 g/mol. The molecule has 0 saturated heterocycles. The smallest absolute Gasteiger partial charge is 0.337 e. The van der Waals surface area contributed by atoms with Gasteiger partial charge >= 0.3 is 5.97 Å². The van der Waals surface area contributed by atoms with Crippen molar-refractivity contribution in [3.8, 4) is 0 Å². The second kappa shape index (κ2) is 5.80. The molecule has 0 atom stereocenters. The van der Waals surface area contributed by atoms with Gasteiger partial charge in [-0.05, 0) is 30.5 Å². The van der Waals surface area contributed by atoms with Crippen LogP contribution < -0.4 is 10.5 Å². The molecule has 1 aromatic rings. The molecular weight excluding hydrogens is 280 g/mol. The van der Waals surface area contributed by atoms with E-state index in [2.05, 4.69) is 4.72 Å². The molecule has 0 aromatic heterocycles. The number of nitrogens with one attached hydrogen (secondary N) is 1. The molecule has 0 aliphatic heterocycles. The first-order valence-corrected chi connectivity index (χ1v) is 8.01. The Hall–Kier alpha value is -1.60. The summed E-state index contributed by atoms with van der Waals surface area (Å²) in [6, 6.07) is 3.76. The normalized spacial score (nSPS) is 15.8. The maximum Gasteiger partial charge on any atom is 0.337 e. The highest BCUT2D eigenvalue weighted by Crippen LogP contribution is 2.29. The number of hydrogen-bond donors (Lipinski definition) is 3. The second-order valence-corrected chi connectivity index (χ2v) is 6.78. The van der Waals surface area contributed by atoms with Crippen LogP contribution in [0, 0.1) is 5.92 Å². The van der Waals surface area contributed by atoms with E-state index in [-0.39, 0.29) is 16.1 Å². The van der Waals surface area contributed by atoms with E-state index >= 15 is 0 Å². The quantitative estimate of drug-likeness (QED) is 0.688. The largest absolute Gasteiger partial charge is 0.478 e. The van der Waals surface area contributed by atoms with Gasteiger partial charge in [0.2, 0.25) is 10.0 Å². The van der Waals surface area contributed by atoms with Crippen LogP contribution in [0.4, 0.5) is 5.69 Å². The minimum atomic E-state index is -3.82. The van der Waals surface area contributed by atoms with Crippen LogP contribution in [-0.4, -0.2) is 26.0 Å². The molecule has 0 heterocycles. The van der Waals surface area contributed by atoms with Crippen molar-refractivity contribution in [3.05, 3.63) is 23.8 Å². The summed E-state index contributed by atoms with van der Waals surface area (Å²) in [5, 5.41) is 9.07. The molecule has 6 nitrogen and oxygen atoms in total. The van der Waals surface area contributed by atoms with Crippen LogP contribution in [0.1, 0.15) is 36.0 Å². The average Bonchev–Trinajstić information content (AvgIpc) is 2.32. The molecule has 4 N–H and O–H groups in total. The number of carboxylic acids is 1. The van der Waals surface area contributed by atoms with Gasteiger partial charge in [-0.3, -0.25) is 0 Å². The maximum atomic E-state index is 12.1. The summed E-state index contributed by atoms with van der Waals surface area (Å²) in [6.45, 7) is 0.330. The predicted molar refractivity (Wildman–Crippen MR) is 75.0 cm³/mol. The number of carboxylic acid groups (broad SMARTS) is 1. The lowest BCUT2D eigenvalue weighted by Gasteiger charge is -2.25. The summed E-state index contributed by atoms with van der Waals surface area (Å²) < 4.78 is 26.7. The molecule has 0 unspecified atom stereocenters. The van der Waals surface area contributed by atoms with Gasteiger partial charge in [-0.1, -0.05) is 19.3 Å². The highest BCUT2D eigenvalue weighted by molar-refractivity contribution is 7.89. The van der Waals surface area contributed by atoms with E-state index in [1.807, 2.05) is 0 Å². The van der Waals surface area contributed by atoms with E-state index in [0.29, 0.717) is 12.5 Å². The number of aromatic carboxylic acids is 1. The first-order valence-electron chi connectivity index (χ1n) is 6.52. The third-order valence-corrected chi connectivity index (χ3v) is 5.11. The van der Waals surface area contributed by atoms with Crippen molar-refractivity contribution >= 4 is 21.7 Å². The third kappa shape index (κ3) is 3.29. The molecule has 0 bridgehead atoms. The van der Waals surface area contributed by atoms with E-state index in [0.717, 1.165) is 25.3 Å². The van der Waals surface area contributed by atoms with Gasteiger partial charge in [0.05, 0.1) is 10.5 Å². The van der Waals surface area contributed by atoms with Gasteiger partial charge in [0, 0.05) is 12.2 Å². The molecule has 20 heavy (non-hydrogen) atoms. The lowest BCUT2D eigenvalue weighted by Crippen LogP contribution is -2.28. The summed E-state index contributed by atoms with van der Waals surface area (Å²) in [5.41, 5.74) is 5.41. The van der Waals surface area contributed by atoms with Crippen molar-refractivity contribution < 1.29 is 18.3 Å². The Morgan fingerprint density at radius 1 is 1.40 bits per heavy atom. The van der Waals surface area contributed by atoms with Crippen molar-refractivity contribution in [1.29, 1.82) is 0 Å². The number of nitrogen functional groups attached to an aromatic ring is 1. The zero-order chi connectivity index (χ0) is 14.8. The zero-order valence-corrected chi connectivity index (χ0v) is 11.8. The molecule has 0 amide bonds. The summed E-state index contributed by atoms with van der Waals surface area (Å²) in [5.74, 6) is -0.722. The molecule has 2 rings (SSSR count). The Kier molecular flexibility index (Phi) is 4.29. The average molecular weight is 298 g/mol. The first kappa shape index (κ1) is 14.8. The first-order chi connectivity index (χ1) is 9.40. The van der Waals surface area contributed by atoms with Crippen molar-refractivity contribution in [2.45, 2.75) is 30.6 Å². The zero-order valence-electron chi connectivity index (χ0n) is 11.0. The maximum absolute atomic E-state index is 12.1. The summed E-state index contributed by atoms with van der Waals surface area (Å²) in [4.78, 5) is 10.9. The molecule has 1 saturated carbocycles. The topological polar surface area (TPSA) is 109 Å². The van der Waals surface area contributed by atoms with Crippen LogP contribution >= 0.6 is 0 Å². The molecule has 7 heteroatoms. The van der Waals surface area contributed by atoms with E-state index in [1.54, 1.807) is 0 Å². The number of anilines is 1. The van der Waals surface area contributed by atoms with Gasteiger partial charge in [-0.2, -0.15) is 0 Å². The number of benzene rings is 1. The minimum Gasteiger partial charge on any atom is -0.478 e. The highest BCUT2D eigenvalue weighted by Gasteiger charge is 2.23. The van der Waals surface area contributed by atoms with Gasteiger partial charge < -0.3 is 10.8 Å². The summed E-state index contributed by atoms with van der Waals surface area (Å²) in [6.07, 6.45) is 4.28. The predicted octanol–water partition coefficient (Wildman–Crippen LogP) is 1.44. The minimum absolute atomic E-state index is 0.218. The molecule has 0 radical (unpaired) electrons. The molecule has 1 aliphatic rings. The Bertz CT molecular complexity index is 609. The third-order valence-electron chi connectivity index (χ3n) is 3.59. The van der Waals surface area contributed by atoms with Gasteiger partial charge in [-0.15, -0.1) is 0 Å². The standard InChI is InChI=1S/C13H18N2O4S/c14-10-4-5-12(11(8-10)13(16)17)20(18,19)15-7-6-9-2-1-3-9/h4-5,8-9,15H,1-3,6-7,14H2,(H,16,17). The van der Waals surface area contributed by atoms with Crippen molar-refractivity contribution in [3.63, 3.8) is 0 Å². The van der Waals surface area contributed by atoms with E-state index in [9.17, 15) is 13.2 Å². The summed E-state index contributed by atoms with van der Waals surface area (Å²) in [7, 11) is -3.82. The van der Waals surface area contributed by atoms with E-state index in [1.165, 1.54) is 18.6 Å². The lowest BCUT2D eigenvalue weighted by molar-refractivity contribution is 0.0692. The lowest BCUT2D eigenvalue weighted by atomic mass is 9.83. The van der Waals surface area contributed by atoms with Gasteiger partial charge in [0.15, 0.2) is 0 Å². The van der Waals surface area contributed by atoms with Crippen LogP contribution in [0.25, 0.3) is 0 Å². The van der Waals surface area contributed by atoms with Crippen molar-refractivity contribution in [1.82, 2.24) is 4.72 Å².